The van der Waals surface area contributed by atoms with E-state index in [1.807, 2.05) is 54.6 Å². The summed E-state index contributed by atoms with van der Waals surface area (Å²) >= 11 is 0. The van der Waals surface area contributed by atoms with Crippen molar-refractivity contribution in [3.8, 4) is 34.1 Å². The zero-order chi connectivity index (χ0) is 25.9. The number of hydrogen-bond donors (Lipinski definition) is 0. The van der Waals surface area contributed by atoms with E-state index in [1.54, 1.807) is 43.3 Å². The number of ketones is 1. The fourth-order valence-corrected chi connectivity index (χ4v) is 4.22. The average Bonchev–Trinajstić information content (AvgIpc) is 3.24. The number of methoxy groups -OCH3 is 2. The molecule has 5 rings (SSSR count). The first kappa shape index (κ1) is 23.9. The van der Waals surface area contributed by atoms with Gasteiger partial charge in [-0.05, 0) is 59.5 Å². The lowest BCUT2D eigenvalue weighted by Gasteiger charge is -2.10. The highest BCUT2D eigenvalue weighted by molar-refractivity contribution is 6.15. The van der Waals surface area contributed by atoms with E-state index in [-0.39, 0.29) is 17.3 Å². The number of fused-ring (bicyclic) bond motifs is 1. The molecule has 0 amide bonds. The van der Waals surface area contributed by atoms with Gasteiger partial charge in [0.15, 0.2) is 17.3 Å². The summed E-state index contributed by atoms with van der Waals surface area (Å²) in [6.07, 6.45) is 1.71. The second-order valence-electron chi connectivity index (χ2n) is 8.50. The highest BCUT2D eigenvalue weighted by Crippen LogP contribution is 2.38. The molecule has 0 spiro atoms. The maximum absolute atomic E-state index is 13.1. The maximum atomic E-state index is 13.1. The van der Waals surface area contributed by atoms with Crippen molar-refractivity contribution >= 4 is 17.8 Å². The van der Waals surface area contributed by atoms with Crippen LogP contribution in [-0.4, -0.2) is 26.0 Å². The molecule has 1 heterocycles. The van der Waals surface area contributed by atoms with Gasteiger partial charge in [-0.3, -0.25) is 4.79 Å². The Labute approximate surface area is 214 Å². The molecule has 0 radical (unpaired) electrons. The molecule has 6 heteroatoms. The number of Topliss-reactive ketones (excluding diaryl/α,β-unsaturated/α-hetero) is 1. The molecule has 0 saturated heterocycles. The van der Waals surface area contributed by atoms with E-state index in [2.05, 4.69) is 0 Å². The third-order valence-electron chi connectivity index (χ3n) is 6.09. The molecule has 0 unspecified atom stereocenters. The van der Waals surface area contributed by atoms with E-state index < -0.39 is 5.97 Å². The molecular formula is C31H24O6. The van der Waals surface area contributed by atoms with Crippen molar-refractivity contribution in [2.45, 2.75) is 6.92 Å². The quantitative estimate of drug-likeness (QED) is 0.173. The Balaban J connectivity index is 1.35. The van der Waals surface area contributed by atoms with Crippen LogP contribution < -0.4 is 18.9 Å². The SMILES string of the molecule is COc1ccc(C(=O)Oc2cc(C)c3c(c2)O/C(=C\c2ccc(-c4ccccc4)cc2)C3=O)cc1OC. The van der Waals surface area contributed by atoms with Gasteiger partial charge in [-0.25, -0.2) is 4.79 Å². The summed E-state index contributed by atoms with van der Waals surface area (Å²) in [5.41, 5.74) is 4.45. The Kier molecular flexibility index (Phi) is 6.47. The molecule has 184 valence electrons. The Bertz CT molecular complexity index is 1520. The van der Waals surface area contributed by atoms with E-state index >= 15 is 0 Å². The van der Waals surface area contributed by atoms with Crippen LogP contribution in [0.3, 0.4) is 0 Å². The van der Waals surface area contributed by atoms with Crippen LogP contribution in [0.2, 0.25) is 0 Å². The van der Waals surface area contributed by atoms with Crippen LogP contribution in [0.25, 0.3) is 17.2 Å². The minimum absolute atomic E-state index is 0.211. The van der Waals surface area contributed by atoms with Crippen LogP contribution in [0.5, 0.6) is 23.0 Å². The Morgan fingerprint density at radius 2 is 1.51 bits per heavy atom. The van der Waals surface area contributed by atoms with Crippen LogP contribution >= 0.6 is 0 Å². The molecule has 1 aliphatic rings. The number of ether oxygens (including phenoxy) is 4. The minimum atomic E-state index is -0.570. The number of rotatable bonds is 6. The van der Waals surface area contributed by atoms with Gasteiger partial charge >= 0.3 is 5.97 Å². The zero-order valence-electron chi connectivity index (χ0n) is 20.6. The second-order valence-corrected chi connectivity index (χ2v) is 8.50. The third-order valence-corrected chi connectivity index (χ3v) is 6.09. The summed E-state index contributed by atoms with van der Waals surface area (Å²) in [6.45, 7) is 1.78. The van der Waals surface area contributed by atoms with Crippen LogP contribution in [0.4, 0.5) is 0 Å². The standard InChI is InChI=1S/C31H24O6/c1-19-15-24(36-31(33)23-13-14-25(34-2)26(17-23)35-3)18-27-29(19)30(32)28(37-27)16-20-9-11-22(12-10-20)21-7-5-4-6-8-21/h4-18H,1-3H3/b28-16-. The number of carbonyl (C=O) groups is 2. The maximum Gasteiger partial charge on any atom is 0.343 e. The summed E-state index contributed by atoms with van der Waals surface area (Å²) in [4.78, 5) is 25.8. The number of carbonyl (C=O) groups excluding carboxylic acids is 2. The number of hydrogen-bond acceptors (Lipinski definition) is 6. The van der Waals surface area contributed by atoms with Crippen molar-refractivity contribution in [2.75, 3.05) is 14.2 Å². The molecule has 0 bridgehead atoms. The number of aryl methyl sites for hydroxylation is 1. The molecule has 0 aliphatic carbocycles. The third kappa shape index (κ3) is 4.82. The smallest absolute Gasteiger partial charge is 0.343 e. The van der Waals surface area contributed by atoms with Crippen LogP contribution in [0.15, 0.2) is 90.7 Å². The van der Waals surface area contributed by atoms with Gasteiger partial charge in [0.2, 0.25) is 5.78 Å². The Hall–Kier alpha value is -4.84. The predicted octanol–water partition coefficient (Wildman–Crippen LogP) is 6.51. The van der Waals surface area contributed by atoms with Crippen molar-refractivity contribution in [2.24, 2.45) is 0 Å². The van der Waals surface area contributed by atoms with E-state index in [1.165, 1.54) is 14.2 Å². The molecule has 0 aromatic heterocycles. The number of esters is 1. The van der Waals surface area contributed by atoms with Gasteiger partial charge in [0, 0.05) is 6.07 Å². The van der Waals surface area contributed by atoms with Crippen LogP contribution in [0, 0.1) is 6.92 Å². The van der Waals surface area contributed by atoms with Gasteiger partial charge in [0.25, 0.3) is 0 Å². The molecule has 0 saturated carbocycles. The van der Waals surface area contributed by atoms with Crippen molar-refractivity contribution in [1.82, 2.24) is 0 Å². The van der Waals surface area contributed by atoms with E-state index in [0.717, 1.165) is 16.7 Å². The Morgan fingerprint density at radius 1 is 0.811 bits per heavy atom. The van der Waals surface area contributed by atoms with Crippen molar-refractivity contribution in [3.63, 3.8) is 0 Å². The van der Waals surface area contributed by atoms with Crippen LogP contribution in [-0.2, 0) is 0 Å². The summed E-state index contributed by atoms with van der Waals surface area (Å²) in [5, 5.41) is 0. The Morgan fingerprint density at radius 3 is 2.22 bits per heavy atom. The summed E-state index contributed by atoms with van der Waals surface area (Å²) in [6, 6.07) is 25.9. The zero-order valence-corrected chi connectivity index (χ0v) is 20.6. The first-order valence-electron chi connectivity index (χ1n) is 11.7. The minimum Gasteiger partial charge on any atom is -0.493 e. The van der Waals surface area contributed by atoms with Gasteiger partial charge in [0.05, 0.1) is 25.3 Å². The van der Waals surface area contributed by atoms with Gasteiger partial charge in [-0.2, -0.15) is 0 Å². The van der Waals surface area contributed by atoms with E-state index in [0.29, 0.717) is 33.9 Å². The van der Waals surface area contributed by atoms with Gasteiger partial charge in [0.1, 0.15) is 11.5 Å². The van der Waals surface area contributed by atoms with Crippen molar-refractivity contribution in [3.05, 3.63) is 113 Å². The van der Waals surface area contributed by atoms with Gasteiger partial charge in [-0.15, -0.1) is 0 Å². The van der Waals surface area contributed by atoms with Gasteiger partial charge < -0.3 is 18.9 Å². The summed E-state index contributed by atoms with van der Waals surface area (Å²) < 4.78 is 21.9. The first-order chi connectivity index (χ1) is 18.0. The molecule has 0 N–H and O–H groups in total. The fourth-order valence-electron chi connectivity index (χ4n) is 4.22. The molecule has 6 nitrogen and oxygen atoms in total. The number of allylic oxidation sites excluding steroid dienone is 1. The monoisotopic (exact) mass is 492 g/mol. The molecule has 0 fully saturated rings. The molecule has 0 atom stereocenters. The average molecular weight is 493 g/mol. The number of benzene rings is 4. The first-order valence-corrected chi connectivity index (χ1v) is 11.7. The van der Waals surface area contributed by atoms with Crippen LogP contribution in [0.1, 0.15) is 31.8 Å². The second kappa shape index (κ2) is 10.0. The molecular weight excluding hydrogens is 468 g/mol. The van der Waals surface area contributed by atoms with Gasteiger partial charge in [-0.1, -0.05) is 54.6 Å². The molecule has 4 aromatic rings. The lowest BCUT2D eigenvalue weighted by Crippen LogP contribution is -2.09. The van der Waals surface area contributed by atoms with E-state index in [9.17, 15) is 9.59 Å². The summed E-state index contributed by atoms with van der Waals surface area (Å²) in [7, 11) is 3.01. The molecule has 4 aromatic carbocycles. The topological polar surface area (TPSA) is 71.1 Å². The van der Waals surface area contributed by atoms with E-state index in [4.69, 9.17) is 18.9 Å². The lowest BCUT2D eigenvalue weighted by molar-refractivity contribution is 0.0734. The fraction of sp³-hybridized carbons (Fsp3) is 0.0968. The molecule has 37 heavy (non-hydrogen) atoms. The predicted molar refractivity (Wildman–Crippen MR) is 140 cm³/mol. The van der Waals surface area contributed by atoms with Crippen molar-refractivity contribution < 1.29 is 28.5 Å². The van der Waals surface area contributed by atoms with Crippen molar-refractivity contribution in [1.29, 1.82) is 0 Å². The highest BCUT2D eigenvalue weighted by Gasteiger charge is 2.30. The lowest BCUT2D eigenvalue weighted by atomic mass is 10.0. The largest absolute Gasteiger partial charge is 0.493 e. The highest BCUT2D eigenvalue weighted by atomic mass is 16.5. The normalized spacial score (nSPS) is 13.2. The molecule has 1 aliphatic heterocycles. The summed E-state index contributed by atoms with van der Waals surface area (Å²) in [5.74, 6) is 0.991.